The quantitative estimate of drug-likeness (QED) is 0.391. The number of fused-ring (bicyclic) bond motifs is 1. The second-order valence-electron chi connectivity index (χ2n) is 6.43. The summed E-state index contributed by atoms with van der Waals surface area (Å²) >= 11 is 0. The minimum atomic E-state index is -0.481. The number of ether oxygens (including phenoxy) is 1. The number of anilines is 1. The summed E-state index contributed by atoms with van der Waals surface area (Å²) in [6.45, 7) is 1.91. The third-order valence-corrected chi connectivity index (χ3v) is 4.27. The number of benzene rings is 1. The number of non-ortho nitro benzene ring substituents is 1. The van der Waals surface area contributed by atoms with Crippen molar-refractivity contribution in [2.24, 2.45) is 0 Å². The van der Waals surface area contributed by atoms with Crippen molar-refractivity contribution in [1.82, 2.24) is 15.0 Å². The van der Waals surface area contributed by atoms with Crippen molar-refractivity contribution in [1.29, 1.82) is 0 Å². The number of nitrogens with one attached hydrogen (secondary N) is 1. The summed E-state index contributed by atoms with van der Waals surface area (Å²) in [6.07, 6.45) is 4.54. The molecule has 4 aromatic rings. The minimum Gasteiger partial charge on any atom is -0.438 e. The number of pyridine rings is 3. The van der Waals surface area contributed by atoms with E-state index in [1.807, 2.05) is 13.0 Å². The van der Waals surface area contributed by atoms with Crippen LogP contribution in [0.2, 0.25) is 0 Å². The highest BCUT2D eigenvalue weighted by Crippen LogP contribution is 2.30. The van der Waals surface area contributed by atoms with Gasteiger partial charge in [-0.2, -0.15) is 0 Å². The largest absolute Gasteiger partial charge is 0.438 e. The molecule has 0 fully saturated rings. The molecule has 0 bridgehead atoms. The Bertz CT molecular complexity index is 1260. The van der Waals surface area contributed by atoms with Crippen molar-refractivity contribution in [3.05, 3.63) is 88.4 Å². The summed E-state index contributed by atoms with van der Waals surface area (Å²) in [6, 6.07) is 12.6. The van der Waals surface area contributed by atoms with Crippen LogP contribution in [0.15, 0.2) is 67.1 Å². The van der Waals surface area contributed by atoms with Crippen molar-refractivity contribution < 1.29 is 14.5 Å². The molecule has 30 heavy (non-hydrogen) atoms. The number of carbonyl (C=O) groups excluding carboxylic acids is 1. The molecule has 0 saturated heterocycles. The molecule has 0 aliphatic rings. The smallest absolute Gasteiger partial charge is 0.270 e. The minimum absolute atomic E-state index is 0.0647. The summed E-state index contributed by atoms with van der Waals surface area (Å²) in [4.78, 5) is 35.4. The first-order valence-corrected chi connectivity index (χ1v) is 8.91. The molecule has 1 amide bonds. The maximum absolute atomic E-state index is 12.4. The Balaban J connectivity index is 1.54. The molecule has 0 spiro atoms. The average Bonchev–Trinajstić information content (AvgIpc) is 2.74. The van der Waals surface area contributed by atoms with Gasteiger partial charge in [0.05, 0.1) is 16.0 Å². The van der Waals surface area contributed by atoms with Crippen LogP contribution >= 0.6 is 0 Å². The van der Waals surface area contributed by atoms with Crippen LogP contribution in [-0.4, -0.2) is 25.8 Å². The maximum atomic E-state index is 12.4. The predicted molar refractivity (Wildman–Crippen MR) is 110 cm³/mol. The van der Waals surface area contributed by atoms with Crippen LogP contribution in [0.5, 0.6) is 11.6 Å². The van der Waals surface area contributed by atoms with Gasteiger partial charge in [-0.1, -0.05) is 0 Å². The summed E-state index contributed by atoms with van der Waals surface area (Å²) in [5.41, 5.74) is 1.80. The lowest BCUT2D eigenvalue weighted by atomic mass is 10.2. The molecule has 3 heterocycles. The fraction of sp³-hybridized carbons (Fsp3) is 0.0476. The number of nitro benzene ring substituents is 1. The number of hydrogen-bond acceptors (Lipinski definition) is 7. The number of rotatable bonds is 5. The number of aryl methyl sites for hydroxylation is 1. The van der Waals surface area contributed by atoms with Gasteiger partial charge in [0.25, 0.3) is 11.6 Å². The Kier molecular flexibility index (Phi) is 5.00. The molecule has 4 rings (SSSR count). The highest BCUT2D eigenvalue weighted by atomic mass is 16.6. The molecule has 148 valence electrons. The van der Waals surface area contributed by atoms with Crippen molar-refractivity contribution in [2.45, 2.75) is 6.92 Å². The first-order valence-electron chi connectivity index (χ1n) is 8.91. The molecule has 0 aliphatic carbocycles. The molecule has 1 N–H and O–H groups in total. The van der Waals surface area contributed by atoms with Gasteiger partial charge in [0.15, 0.2) is 0 Å². The lowest BCUT2D eigenvalue weighted by Gasteiger charge is -2.09. The van der Waals surface area contributed by atoms with Gasteiger partial charge >= 0.3 is 0 Å². The van der Waals surface area contributed by atoms with E-state index in [2.05, 4.69) is 20.3 Å². The van der Waals surface area contributed by atoms with Gasteiger partial charge < -0.3 is 10.1 Å². The molecule has 9 nitrogen and oxygen atoms in total. The van der Waals surface area contributed by atoms with E-state index in [0.29, 0.717) is 28.0 Å². The Morgan fingerprint density at radius 3 is 2.60 bits per heavy atom. The molecule has 0 unspecified atom stereocenters. The van der Waals surface area contributed by atoms with Crippen molar-refractivity contribution in [3.63, 3.8) is 0 Å². The highest BCUT2D eigenvalue weighted by molar-refractivity contribution is 6.03. The highest BCUT2D eigenvalue weighted by Gasteiger charge is 2.12. The van der Waals surface area contributed by atoms with E-state index in [-0.39, 0.29) is 17.5 Å². The lowest BCUT2D eigenvalue weighted by Crippen LogP contribution is -2.13. The molecule has 0 aliphatic heterocycles. The number of hydrogen-bond donors (Lipinski definition) is 1. The van der Waals surface area contributed by atoms with Crippen LogP contribution in [0.4, 0.5) is 11.5 Å². The molecule has 3 aromatic heterocycles. The molecular weight excluding hydrogens is 386 g/mol. The second kappa shape index (κ2) is 7.92. The van der Waals surface area contributed by atoms with E-state index in [1.54, 1.807) is 42.7 Å². The number of amides is 1. The molecular formula is C21H15N5O4. The molecule has 0 radical (unpaired) electrons. The first kappa shape index (κ1) is 18.9. The van der Waals surface area contributed by atoms with E-state index >= 15 is 0 Å². The number of nitrogens with zero attached hydrogens (tertiary/aromatic N) is 4. The van der Waals surface area contributed by atoms with E-state index in [0.717, 1.165) is 5.56 Å². The first-order chi connectivity index (χ1) is 14.5. The SMILES string of the molecule is Cc1ccnc(NC(=O)c2ccc(Oc3ccnc4ccc([N+](=O)[O-])cc34)nc2)c1. The number of carbonyl (C=O) groups is 1. The van der Waals surface area contributed by atoms with Gasteiger partial charge in [0.2, 0.25) is 5.88 Å². The van der Waals surface area contributed by atoms with Gasteiger partial charge in [-0.3, -0.25) is 19.9 Å². The van der Waals surface area contributed by atoms with Gasteiger partial charge in [-0.15, -0.1) is 0 Å². The Morgan fingerprint density at radius 2 is 1.87 bits per heavy atom. The molecule has 0 saturated carbocycles. The van der Waals surface area contributed by atoms with Crippen molar-refractivity contribution >= 4 is 28.3 Å². The zero-order valence-electron chi connectivity index (χ0n) is 15.8. The van der Waals surface area contributed by atoms with Crippen LogP contribution in [0.3, 0.4) is 0 Å². The third-order valence-electron chi connectivity index (χ3n) is 4.27. The summed E-state index contributed by atoms with van der Waals surface area (Å²) in [7, 11) is 0. The third kappa shape index (κ3) is 4.04. The van der Waals surface area contributed by atoms with E-state index < -0.39 is 4.92 Å². The van der Waals surface area contributed by atoms with Gasteiger partial charge in [-0.05, 0) is 42.8 Å². The lowest BCUT2D eigenvalue weighted by molar-refractivity contribution is -0.384. The summed E-state index contributed by atoms with van der Waals surface area (Å²) < 4.78 is 5.78. The Morgan fingerprint density at radius 1 is 1.03 bits per heavy atom. The van der Waals surface area contributed by atoms with Gasteiger partial charge in [0, 0.05) is 42.2 Å². The number of nitro groups is 1. The van der Waals surface area contributed by atoms with Crippen molar-refractivity contribution in [2.75, 3.05) is 5.32 Å². The van der Waals surface area contributed by atoms with Gasteiger partial charge in [-0.25, -0.2) is 9.97 Å². The zero-order chi connectivity index (χ0) is 21.1. The molecule has 0 atom stereocenters. The number of aromatic nitrogens is 3. The van der Waals surface area contributed by atoms with Gasteiger partial charge in [0.1, 0.15) is 11.6 Å². The standard InChI is InChI=1S/C21H15N5O4/c1-13-6-8-23-19(10-13)25-21(27)14-2-5-20(24-12-14)30-18-7-9-22-17-4-3-15(26(28)29)11-16(17)18/h2-12H,1H3,(H,23,25,27). The average molecular weight is 401 g/mol. The fourth-order valence-corrected chi connectivity index (χ4v) is 2.79. The van der Waals surface area contributed by atoms with Crippen molar-refractivity contribution in [3.8, 4) is 11.6 Å². The van der Waals surface area contributed by atoms with E-state index in [1.165, 1.54) is 18.3 Å². The Hall–Kier alpha value is -4.40. The van der Waals surface area contributed by atoms with E-state index in [9.17, 15) is 14.9 Å². The van der Waals surface area contributed by atoms with Crippen LogP contribution in [0, 0.1) is 17.0 Å². The van der Waals surface area contributed by atoms with Crippen LogP contribution in [0.25, 0.3) is 10.9 Å². The zero-order valence-corrected chi connectivity index (χ0v) is 15.8. The topological polar surface area (TPSA) is 120 Å². The monoisotopic (exact) mass is 401 g/mol. The fourth-order valence-electron chi connectivity index (χ4n) is 2.79. The normalized spacial score (nSPS) is 10.6. The predicted octanol–water partition coefficient (Wildman–Crippen LogP) is 4.29. The van der Waals surface area contributed by atoms with E-state index in [4.69, 9.17) is 4.74 Å². The van der Waals surface area contributed by atoms with Crippen LogP contribution < -0.4 is 10.1 Å². The van der Waals surface area contributed by atoms with Crippen LogP contribution in [0.1, 0.15) is 15.9 Å². The summed E-state index contributed by atoms with van der Waals surface area (Å²) in [5, 5.41) is 14.2. The maximum Gasteiger partial charge on any atom is 0.270 e. The Labute approximate surface area is 170 Å². The summed E-state index contributed by atoms with van der Waals surface area (Å²) in [5.74, 6) is 0.707. The molecule has 1 aromatic carbocycles. The van der Waals surface area contributed by atoms with Crippen LogP contribution in [-0.2, 0) is 0 Å². The molecule has 9 heteroatoms. The second-order valence-corrected chi connectivity index (χ2v) is 6.43.